The second-order valence-electron chi connectivity index (χ2n) is 4.11. The first-order valence-corrected chi connectivity index (χ1v) is 6.67. The zero-order valence-electron chi connectivity index (χ0n) is 9.82. The van der Waals surface area contributed by atoms with Gasteiger partial charge in [-0.1, -0.05) is 12.1 Å². The molecule has 1 aromatic carbocycles. The number of anilines is 2. The van der Waals surface area contributed by atoms with Crippen LogP contribution in [0.5, 0.6) is 0 Å². The van der Waals surface area contributed by atoms with Crippen LogP contribution in [0.1, 0.15) is 0 Å². The average Bonchev–Trinajstić information content (AvgIpc) is 3.08. The number of nitrogens with one attached hydrogen (secondary N) is 1. The van der Waals surface area contributed by atoms with Crippen LogP contribution in [0, 0.1) is 0 Å². The molecule has 3 heterocycles. The molecule has 4 rings (SSSR count). The van der Waals surface area contributed by atoms with Crippen LogP contribution in [0.3, 0.4) is 0 Å². The minimum atomic E-state index is 0.709. The zero-order chi connectivity index (χ0) is 12.7. The van der Waals surface area contributed by atoms with Gasteiger partial charge in [0.15, 0.2) is 5.82 Å². The molecule has 6 heteroatoms. The molecule has 0 saturated heterocycles. The molecule has 0 fully saturated rings. The third-order valence-electron chi connectivity index (χ3n) is 2.95. The highest BCUT2D eigenvalue weighted by molar-refractivity contribution is 7.17. The van der Waals surface area contributed by atoms with Crippen LogP contribution in [-0.4, -0.2) is 19.6 Å². The molecule has 5 nitrogen and oxygen atoms in total. The molecule has 0 spiro atoms. The van der Waals surface area contributed by atoms with E-state index in [1.165, 1.54) is 10.1 Å². The molecule has 3 aromatic heterocycles. The van der Waals surface area contributed by atoms with Crippen molar-refractivity contribution in [2.75, 3.05) is 5.32 Å². The van der Waals surface area contributed by atoms with Gasteiger partial charge in [-0.05, 0) is 22.9 Å². The lowest BCUT2D eigenvalue weighted by Crippen LogP contribution is -1.97. The lowest BCUT2D eigenvalue weighted by molar-refractivity contribution is 1.10. The van der Waals surface area contributed by atoms with Crippen molar-refractivity contribution in [1.82, 2.24) is 19.6 Å². The first kappa shape index (κ1) is 10.5. The third kappa shape index (κ3) is 1.65. The van der Waals surface area contributed by atoms with Crippen LogP contribution in [0.15, 0.2) is 48.4 Å². The summed E-state index contributed by atoms with van der Waals surface area (Å²) in [7, 11) is 0. The standard InChI is InChI=1S/C13H9N5S/c1-2-9-4-7-19-11(9)10(3-1)16-12-13-17-15-8-18(13)6-5-14-12/h1-8H,(H,14,16). The molecule has 0 radical (unpaired) electrons. The summed E-state index contributed by atoms with van der Waals surface area (Å²) in [5, 5.41) is 14.6. The SMILES string of the molecule is c1cc(Nc2nccn3cnnc23)c2sccc2c1. The number of aromatic nitrogens is 4. The molecule has 1 N–H and O–H groups in total. The Bertz CT molecular complexity index is 791. The van der Waals surface area contributed by atoms with E-state index in [-0.39, 0.29) is 0 Å². The first-order valence-electron chi connectivity index (χ1n) is 5.79. The van der Waals surface area contributed by atoms with Gasteiger partial charge in [0.25, 0.3) is 0 Å². The van der Waals surface area contributed by atoms with Crippen LogP contribution in [-0.2, 0) is 0 Å². The summed E-state index contributed by atoms with van der Waals surface area (Å²) in [4.78, 5) is 4.34. The molecule has 0 aliphatic rings. The third-order valence-corrected chi connectivity index (χ3v) is 3.91. The molecule has 0 atom stereocenters. The largest absolute Gasteiger partial charge is 0.336 e. The molecule has 19 heavy (non-hydrogen) atoms. The monoisotopic (exact) mass is 267 g/mol. The van der Waals surface area contributed by atoms with E-state index in [0.717, 1.165) is 11.3 Å². The van der Waals surface area contributed by atoms with Gasteiger partial charge in [-0.2, -0.15) is 0 Å². The molecule has 92 valence electrons. The molecule has 0 amide bonds. The summed E-state index contributed by atoms with van der Waals surface area (Å²) in [6, 6.07) is 8.28. The van der Waals surface area contributed by atoms with Crippen LogP contribution in [0.25, 0.3) is 15.7 Å². The highest BCUT2D eigenvalue weighted by Crippen LogP contribution is 2.30. The van der Waals surface area contributed by atoms with Gasteiger partial charge in [-0.3, -0.25) is 4.40 Å². The van der Waals surface area contributed by atoms with Gasteiger partial charge in [0.2, 0.25) is 5.65 Å². The van der Waals surface area contributed by atoms with E-state index >= 15 is 0 Å². The fourth-order valence-electron chi connectivity index (χ4n) is 2.07. The second-order valence-corrected chi connectivity index (χ2v) is 5.02. The summed E-state index contributed by atoms with van der Waals surface area (Å²) in [6.45, 7) is 0. The lowest BCUT2D eigenvalue weighted by Gasteiger charge is -2.07. The maximum Gasteiger partial charge on any atom is 0.203 e. The van der Waals surface area contributed by atoms with Crippen molar-refractivity contribution >= 4 is 38.6 Å². The Morgan fingerprint density at radius 2 is 2.21 bits per heavy atom. The molecule has 4 aromatic rings. The van der Waals surface area contributed by atoms with E-state index in [9.17, 15) is 0 Å². The van der Waals surface area contributed by atoms with E-state index < -0.39 is 0 Å². The number of hydrogen-bond donors (Lipinski definition) is 1. The van der Waals surface area contributed by atoms with Crippen molar-refractivity contribution in [3.05, 3.63) is 48.4 Å². The zero-order valence-corrected chi connectivity index (χ0v) is 10.6. The Labute approximate surface area is 112 Å². The number of benzene rings is 1. The second kappa shape index (κ2) is 4.03. The quantitative estimate of drug-likeness (QED) is 0.606. The summed E-state index contributed by atoms with van der Waals surface area (Å²) >= 11 is 1.71. The van der Waals surface area contributed by atoms with E-state index in [2.05, 4.69) is 38.0 Å². The molecule has 0 aliphatic heterocycles. The number of rotatable bonds is 2. The van der Waals surface area contributed by atoms with Crippen molar-refractivity contribution in [3.8, 4) is 0 Å². The predicted octanol–water partition coefficient (Wildman–Crippen LogP) is 3.08. The van der Waals surface area contributed by atoms with Gasteiger partial charge in [0.05, 0.1) is 10.4 Å². The van der Waals surface area contributed by atoms with Gasteiger partial charge in [0.1, 0.15) is 6.33 Å². The van der Waals surface area contributed by atoms with Crippen molar-refractivity contribution in [1.29, 1.82) is 0 Å². The van der Waals surface area contributed by atoms with Crippen molar-refractivity contribution < 1.29 is 0 Å². The molecule has 0 aliphatic carbocycles. The number of thiophene rings is 1. The normalized spacial score (nSPS) is 11.2. The van der Waals surface area contributed by atoms with Gasteiger partial charge >= 0.3 is 0 Å². The maximum atomic E-state index is 4.34. The van der Waals surface area contributed by atoms with Gasteiger partial charge in [-0.15, -0.1) is 21.5 Å². The number of nitrogens with zero attached hydrogens (tertiary/aromatic N) is 4. The Morgan fingerprint density at radius 1 is 1.21 bits per heavy atom. The Balaban J connectivity index is 1.86. The molecule has 0 saturated carbocycles. The van der Waals surface area contributed by atoms with E-state index in [4.69, 9.17) is 0 Å². The van der Waals surface area contributed by atoms with Crippen LogP contribution < -0.4 is 5.32 Å². The van der Waals surface area contributed by atoms with E-state index in [0.29, 0.717) is 5.82 Å². The van der Waals surface area contributed by atoms with Crippen molar-refractivity contribution in [2.24, 2.45) is 0 Å². The van der Waals surface area contributed by atoms with E-state index in [1.54, 1.807) is 23.9 Å². The summed E-state index contributed by atoms with van der Waals surface area (Å²) < 4.78 is 3.05. The summed E-state index contributed by atoms with van der Waals surface area (Å²) in [5.41, 5.74) is 1.76. The highest BCUT2D eigenvalue weighted by Gasteiger charge is 2.07. The fourth-order valence-corrected chi connectivity index (χ4v) is 2.93. The number of hydrogen-bond acceptors (Lipinski definition) is 5. The highest BCUT2D eigenvalue weighted by atomic mass is 32.1. The Kier molecular flexibility index (Phi) is 2.22. The summed E-state index contributed by atoms with van der Waals surface area (Å²) in [5.74, 6) is 0.709. The minimum absolute atomic E-state index is 0.709. The predicted molar refractivity (Wildman–Crippen MR) is 75.9 cm³/mol. The van der Waals surface area contributed by atoms with Crippen LogP contribution in [0.4, 0.5) is 11.5 Å². The first-order chi connectivity index (χ1) is 9.42. The summed E-state index contributed by atoms with van der Waals surface area (Å²) in [6.07, 6.45) is 5.22. The lowest BCUT2D eigenvalue weighted by atomic mass is 10.2. The van der Waals surface area contributed by atoms with Crippen LogP contribution >= 0.6 is 11.3 Å². The average molecular weight is 267 g/mol. The van der Waals surface area contributed by atoms with Gasteiger partial charge in [-0.25, -0.2) is 4.98 Å². The Hall–Kier alpha value is -2.47. The molecule has 0 unspecified atom stereocenters. The Morgan fingerprint density at radius 3 is 3.21 bits per heavy atom. The van der Waals surface area contributed by atoms with E-state index in [1.807, 2.05) is 22.7 Å². The van der Waals surface area contributed by atoms with Gasteiger partial charge in [0, 0.05) is 12.4 Å². The van der Waals surface area contributed by atoms with Crippen LogP contribution in [0.2, 0.25) is 0 Å². The minimum Gasteiger partial charge on any atom is -0.336 e. The molecule has 0 bridgehead atoms. The topological polar surface area (TPSA) is 55.1 Å². The van der Waals surface area contributed by atoms with Crippen molar-refractivity contribution in [2.45, 2.75) is 0 Å². The molecular weight excluding hydrogens is 258 g/mol. The smallest absolute Gasteiger partial charge is 0.203 e. The number of fused-ring (bicyclic) bond motifs is 2. The maximum absolute atomic E-state index is 4.34. The fraction of sp³-hybridized carbons (Fsp3) is 0. The molecular formula is C13H9N5S. The van der Waals surface area contributed by atoms with Gasteiger partial charge < -0.3 is 5.32 Å². The van der Waals surface area contributed by atoms with Crippen molar-refractivity contribution in [3.63, 3.8) is 0 Å².